The molecular weight excluding hydrogens is 362 g/mol. The first-order chi connectivity index (χ1) is 14.1. The van der Waals surface area contributed by atoms with E-state index in [1.807, 2.05) is 53.4 Å². The molecule has 2 aromatic rings. The highest BCUT2D eigenvalue weighted by molar-refractivity contribution is 5.69. The summed E-state index contributed by atoms with van der Waals surface area (Å²) < 4.78 is 5.60. The first-order valence-corrected chi connectivity index (χ1v) is 10.6. The highest BCUT2D eigenvalue weighted by atomic mass is 16.6. The van der Waals surface area contributed by atoms with Gasteiger partial charge in [-0.05, 0) is 49.7 Å². The number of fused-ring (bicyclic) bond motifs is 2. The number of carbonyl (C=O) groups is 1. The van der Waals surface area contributed by atoms with Gasteiger partial charge >= 0.3 is 6.09 Å². The van der Waals surface area contributed by atoms with Gasteiger partial charge in [0.05, 0.1) is 5.60 Å². The van der Waals surface area contributed by atoms with Gasteiger partial charge in [-0.15, -0.1) is 0 Å². The molecule has 2 fully saturated rings. The molecule has 2 heterocycles. The minimum atomic E-state index is -0.753. The van der Waals surface area contributed by atoms with Crippen LogP contribution in [0, 0.1) is 0 Å². The number of nitrogens with zero attached hydrogens (tertiary/aromatic N) is 1. The zero-order valence-corrected chi connectivity index (χ0v) is 16.7. The Kier molecular flexibility index (Phi) is 6.00. The minimum absolute atomic E-state index is 0.0564. The monoisotopic (exact) mass is 391 g/mol. The summed E-state index contributed by atoms with van der Waals surface area (Å²) in [6.07, 6.45) is 8.69. The Balaban J connectivity index is 1.37. The van der Waals surface area contributed by atoms with Crippen molar-refractivity contribution in [2.45, 2.75) is 62.8 Å². The second-order valence-corrected chi connectivity index (χ2v) is 8.34. The Hall–Kier alpha value is -2.59. The normalized spacial score (nSPS) is 26.4. The van der Waals surface area contributed by atoms with Crippen molar-refractivity contribution < 1.29 is 14.6 Å². The third-order valence-electron chi connectivity index (χ3n) is 6.12. The predicted octanol–water partition coefficient (Wildman–Crippen LogP) is 5.17. The average Bonchev–Trinajstić information content (AvgIpc) is 2.73. The maximum atomic E-state index is 12.8. The fraction of sp³-hybridized carbons (Fsp3) is 0.400. The summed E-state index contributed by atoms with van der Waals surface area (Å²) in [5.74, 6) is 0. The summed E-state index contributed by atoms with van der Waals surface area (Å²) >= 11 is 0. The number of piperidine rings is 2. The lowest BCUT2D eigenvalue weighted by Gasteiger charge is -2.51. The highest BCUT2D eigenvalue weighted by Crippen LogP contribution is 2.41. The van der Waals surface area contributed by atoms with Gasteiger partial charge in [0.15, 0.2) is 0 Å². The van der Waals surface area contributed by atoms with Crippen molar-refractivity contribution in [1.29, 1.82) is 0 Å². The van der Waals surface area contributed by atoms with Crippen LogP contribution in [0.15, 0.2) is 66.7 Å². The topological polar surface area (TPSA) is 49.8 Å². The molecule has 2 aromatic carbocycles. The molecule has 0 spiro atoms. The molecule has 2 bridgehead atoms. The van der Waals surface area contributed by atoms with Gasteiger partial charge < -0.3 is 14.7 Å². The summed E-state index contributed by atoms with van der Waals surface area (Å²) in [5, 5.41) is 11.2. The van der Waals surface area contributed by atoms with E-state index in [9.17, 15) is 9.90 Å². The first kappa shape index (κ1) is 19.7. The molecule has 4 rings (SSSR count). The van der Waals surface area contributed by atoms with Gasteiger partial charge in [0.1, 0.15) is 6.61 Å². The molecule has 0 radical (unpaired) electrons. The van der Waals surface area contributed by atoms with E-state index < -0.39 is 5.60 Å². The van der Waals surface area contributed by atoms with Crippen molar-refractivity contribution in [3.63, 3.8) is 0 Å². The van der Waals surface area contributed by atoms with E-state index in [4.69, 9.17) is 4.74 Å². The molecule has 2 unspecified atom stereocenters. The van der Waals surface area contributed by atoms with E-state index in [1.54, 1.807) is 0 Å². The molecule has 1 amide bonds. The van der Waals surface area contributed by atoms with E-state index in [2.05, 4.69) is 24.3 Å². The van der Waals surface area contributed by atoms with Gasteiger partial charge in [-0.2, -0.15) is 0 Å². The second-order valence-electron chi connectivity index (χ2n) is 8.34. The number of rotatable bonds is 5. The van der Waals surface area contributed by atoms with Crippen molar-refractivity contribution in [2.24, 2.45) is 0 Å². The third-order valence-corrected chi connectivity index (χ3v) is 6.12. The quantitative estimate of drug-likeness (QED) is 0.764. The molecule has 2 atom stereocenters. The Morgan fingerprint density at radius 1 is 1.03 bits per heavy atom. The zero-order valence-electron chi connectivity index (χ0n) is 16.7. The van der Waals surface area contributed by atoms with Crippen LogP contribution in [0.5, 0.6) is 0 Å². The molecule has 29 heavy (non-hydrogen) atoms. The molecule has 0 saturated carbocycles. The molecule has 0 aromatic heterocycles. The summed E-state index contributed by atoms with van der Waals surface area (Å²) in [6, 6.07) is 20.0. The Morgan fingerprint density at radius 2 is 1.66 bits per heavy atom. The van der Waals surface area contributed by atoms with Crippen molar-refractivity contribution in [1.82, 2.24) is 4.90 Å². The van der Waals surface area contributed by atoms with Gasteiger partial charge in [-0.3, -0.25) is 0 Å². The molecule has 0 aliphatic carbocycles. The van der Waals surface area contributed by atoms with Crippen LogP contribution in [0.1, 0.15) is 49.7 Å². The number of carbonyl (C=O) groups excluding carboxylic acids is 1. The van der Waals surface area contributed by atoms with E-state index in [0.717, 1.165) is 30.4 Å². The minimum Gasteiger partial charge on any atom is -0.445 e. The summed E-state index contributed by atoms with van der Waals surface area (Å²) in [6.45, 7) is 0.291. The van der Waals surface area contributed by atoms with E-state index >= 15 is 0 Å². The van der Waals surface area contributed by atoms with E-state index in [-0.39, 0.29) is 18.2 Å². The maximum Gasteiger partial charge on any atom is 0.410 e. The Morgan fingerprint density at radius 3 is 2.31 bits per heavy atom. The fourth-order valence-electron chi connectivity index (χ4n) is 4.76. The van der Waals surface area contributed by atoms with Crippen LogP contribution >= 0.6 is 0 Å². The summed E-state index contributed by atoms with van der Waals surface area (Å²) in [5.41, 5.74) is 1.38. The lowest BCUT2D eigenvalue weighted by Crippen LogP contribution is -2.59. The third kappa shape index (κ3) is 4.88. The van der Waals surface area contributed by atoms with Crippen molar-refractivity contribution >= 4 is 12.2 Å². The average molecular weight is 392 g/mol. The molecular formula is C25H29NO3. The lowest BCUT2D eigenvalue weighted by molar-refractivity contribution is -0.0832. The predicted molar refractivity (Wildman–Crippen MR) is 114 cm³/mol. The van der Waals surface area contributed by atoms with Crippen LogP contribution < -0.4 is 0 Å². The van der Waals surface area contributed by atoms with Gasteiger partial charge in [0.25, 0.3) is 0 Å². The standard InChI is InChI=1S/C25H29NO3/c27-24(29-19-21-11-5-2-6-12-21)26-22-14-7-15-23(26)18-25(28,17-22)16-8-13-20-9-3-1-4-10-20/h1-6,8-13,22-23,28H,7,14-19H2/b13-8+. The second kappa shape index (κ2) is 8.83. The van der Waals surface area contributed by atoms with Crippen molar-refractivity contribution in [3.05, 3.63) is 77.9 Å². The van der Waals surface area contributed by atoms with Gasteiger partial charge in [0.2, 0.25) is 0 Å². The number of hydrogen-bond acceptors (Lipinski definition) is 3. The lowest BCUT2D eigenvalue weighted by atomic mass is 9.74. The first-order valence-electron chi connectivity index (χ1n) is 10.6. The number of benzene rings is 2. The van der Waals surface area contributed by atoms with Crippen LogP contribution in [-0.4, -0.2) is 33.8 Å². The fourth-order valence-corrected chi connectivity index (χ4v) is 4.76. The molecule has 2 aliphatic heterocycles. The Labute approximate surface area is 172 Å². The maximum absolute atomic E-state index is 12.8. The largest absolute Gasteiger partial charge is 0.445 e. The molecule has 4 nitrogen and oxygen atoms in total. The molecule has 4 heteroatoms. The SMILES string of the molecule is O=C(OCc1ccccc1)N1C2CCCC1CC(O)(C/C=C/c1ccccc1)C2. The number of aliphatic hydroxyl groups is 1. The van der Waals surface area contributed by atoms with Crippen LogP contribution in [0.25, 0.3) is 6.08 Å². The van der Waals surface area contributed by atoms with Crippen LogP contribution in [0.2, 0.25) is 0 Å². The highest BCUT2D eigenvalue weighted by Gasteiger charge is 2.47. The molecule has 1 N–H and O–H groups in total. The summed E-state index contributed by atoms with van der Waals surface area (Å²) in [7, 11) is 0. The smallest absolute Gasteiger partial charge is 0.410 e. The van der Waals surface area contributed by atoms with Crippen molar-refractivity contribution in [2.75, 3.05) is 0 Å². The van der Waals surface area contributed by atoms with Crippen molar-refractivity contribution in [3.8, 4) is 0 Å². The zero-order chi connectivity index (χ0) is 20.1. The van der Waals surface area contributed by atoms with Crippen LogP contribution in [0.3, 0.4) is 0 Å². The molecule has 2 saturated heterocycles. The van der Waals surface area contributed by atoms with Gasteiger partial charge in [-0.1, -0.05) is 72.8 Å². The number of hydrogen-bond donors (Lipinski definition) is 1. The number of ether oxygens (including phenoxy) is 1. The van der Waals surface area contributed by atoms with Gasteiger partial charge in [-0.25, -0.2) is 4.79 Å². The van der Waals surface area contributed by atoms with Gasteiger partial charge in [0, 0.05) is 12.1 Å². The summed E-state index contributed by atoms with van der Waals surface area (Å²) in [4.78, 5) is 14.7. The molecule has 152 valence electrons. The van der Waals surface area contributed by atoms with E-state index in [1.165, 1.54) is 0 Å². The number of amides is 1. The van der Waals surface area contributed by atoms with Crippen LogP contribution in [-0.2, 0) is 11.3 Å². The Bertz CT molecular complexity index is 820. The van der Waals surface area contributed by atoms with Crippen LogP contribution in [0.4, 0.5) is 4.79 Å². The van der Waals surface area contributed by atoms with E-state index in [0.29, 0.717) is 25.9 Å². The molecule has 2 aliphatic rings.